The van der Waals surface area contributed by atoms with Crippen molar-refractivity contribution in [3.8, 4) is 0 Å². The molecule has 3 aromatic carbocycles. The van der Waals surface area contributed by atoms with Gasteiger partial charge in [0.15, 0.2) is 5.78 Å². The molecule has 0 atom stereocenters. The third-order valence-corrected chi connectivity index (χ3v) is 5.63. The Morgan fingerprint density at radius 3 is 2.34 bits per heavy atom. The highest BCUT2D eigenvalue weighted by molar-refractivity contribution is 6.31. The van der Waals surface area contributed by atoms with Crippen LogP contribution in [0.5, 0.6) is 0 Å². The van der Waals surface area contributed by atoms with Crippen LogP contribution in [-0.2, 0) is 0 Å². The standard InChI is InChI=1S/C24H20ClN3O4/c25-18-9-10-20(19(15-18)23(29)16-6-2-1-3-7-16)26-24(30)17-8-11-21(22(14-17)28(31)32)27-12-4-5-13-27/h1-3,6-11,14-15H,4-5,12-13H2,(H,26,30). The molecule has 162 valence electrons. The molecule has 32 heavy (non-hydrogen) atoms. The third-order valence-electron chi connectivity index (χ3n) is 5.39. The highest BCUT2D eigenvalue weighted by Crippen LogP contribution is 2.32. The van der Waals surface area contributed by atoms with Gasteiger partial charge in [0, 0.05) is 40.9 Å². The van der Waals surface area contributed by atoms with Gasteiger partial charge in [-0.15, -0.1) is 0 Å². The maximum Gasteiger partial charge on any atom is 0.293 e. The van der Waals surface area contributed by atoms with E-state index in [1.165, 1.54) is 12.1 Å². The lowest BCUT2D eigenvalue weighted by Gasteiger charge is -2.18. The number of nitro benzene ring substituents is 1. The van der Waals surface area contributed by atoms with Crippen molar-refractivity contribution < 1.29 is 14.5 Å². The number of carbonyl (C=O) groups excluding carboxylic acids is 2. The first-order valence-corrected chi connectivity index (χ1v) is 10.6. The van der Waals surface area contributed by atoms with E-state index in [-0.39, 0.29) is 28.3 Å². The number of carbonyl (C=O) groups is 2. The fourth-order valence-corrected chi connectivity index (χ4v) is 3.96. The van der Waals surface area contributed by atoms with Crippen LogP contribution in [0.4, 0.5) is 17.1 Å². The lowest BCUT2D eigenvalue weighted by molar-refractivity contribution is -0.384. The normalized spacial score (nSPS) is 13.1. The van der Waals surface area contributed by atoms with Crippen molar-refractivity contribution >= 4 is 40.4 Å². The van der Waals surface area contributed by atoms with Crippen LogP contribution in [0.15, 0.2) is 66.7 Å². The Kier molecular flexibility index (Phi) is 6.18. The summed E-state index contributed by atoms with van der Waals surface area (Å²) in [7, 11) is 0. The fourth-order valence-electron chi connectivity index (χ4n) is 3.79. The van der Waals surface area contributed by atoms with E-state index in [0.29, 0.717) is 16.3 Å². The predicted octanol–water partition coefficient (Wildman–Crippen LogP) is 5.33. The molecule has 8 heteroatoms. The molecule has 0 saturated carbocycles. The van der Waals surface area contributed by atoms with Gasteiger partial charge in [-0.3, -0.25) is 19.7 Å². The molecule has 1 aliphatic rings. The van der Waals surface area contributed by atoms with E-state index in [1.807, 2.05) is 4.90 Å². The molecule has 0 radical (unpaired) electrons. The van der Waals surface area contributed by atoms with E-state index in [9.17, 15) is 19.7 Å². The zero-order valence-corrected chi connectivity index (χ0v) is 17.8. The van der Waals surface area contributed by atoms with Crippen molar-refractivity contribution in [1.29, 1.82) is 0 Å². The quantitative estimate of drug-likeness (QED) is 0.312. The van der Waals surface area contributed by atoms with Crippen LogP contribution in [0.1, 0.15) is 39.1 Å². The van der Waals surface area contributed by atoms with Crippen molar-refractivity contribution in [2.75, 3.05) is 23.3 Å². The van der Waals surface area contributed by atoms with Crippen LogP contribution in [0.3, 0.4) is 0 Å². The molecule has 3 aromatic rings. The minimum Gasteiger partial charge on any atom is -0.366 e. The van der Waals surface area contributed by atoms with Crippen molar-refractivity contribution in [2.45, 2.75) is 12.8 Å². The molecule has 1 heterocycles. The van der Waals surface area contributed by atoms with Crippen LogP contribution in [0.2, 0.25) is 5.02 Å². The average molecular weight is 450 g/mol. The number of rotatable bonds is 6. The zero-order valence-electron chi connectivity index (χ0n) is 17.1. The average Bonchev–Trinajstić information content (AvgIpc) is 3.34. The number of nitrogens with one attached hydrogen (secondary N) is 1. The SMILES string of the molecule is O=C(Nc1ccc(Cl)cc1C(=O)c1ccccc1)c1ccc(N2CCCC2)c([N+](=O)[O-])c1. The summed E-state index contributed by atoms with van der Waals surface area (Å²) < 4.78 is 0. The molecule has 0 bridgehead atoms. The summed E-state index contributed by atoms with van der Waals surface area (Å²) >= 11 is 6.09. The van der Waals surface area contributed by atoms with E-state index >= 15 is 0 Å². The van der Waals surface area contributed by atoms with Crippen molar-refractivity contribution in [1.82, 2.24) is 0 Å². The predicted molar refractivity (Wildman–Crippen MR) is 124 cm³/mol. The van der Waals surface area contributed by atoms with Gasteiger partial charge in [0.2, 0.25) is 0 Å². The van der Waals surface area contributed by atoms with Gasteiger partial charge in [0.05, 0.1) is 10.6 Å². The molecule has 1 saturated heterocycles. The largest absolute Gasteiger partial charge is 0.366 e. The molecule has 0 spiro atoms. The van der Waals surface area contributed by atoms with Crippen LogP contribution in [-0.4, -0.2) is 29.7 Å². The van der Waals surface area contributed by atoms with E-state index in [4.69, 9.17) is 11.6 Å². The number of anilines is 2. The number of nitrogens with zero attached hydrogens (tertiary/aromatic N) is 2. The minimum absolute atomic E-state index is 0.115. The molecule has 7 nitrogen and oxygen atoms in total. The third kappa shape index (κ3) is 4.48. The maximum atomic E-state index is 13.0. The number of benzene rings is 3. The minimum atomic E-state index is -0.550. The van der Waals surface area contributed by atoms with E-state index < -0.39 is 10.8 Å². The van der Waals surface area contributed by atoms with Gasteiger partial charge in [0.1, 0.15) is 5.69 Å². The summed E-state index contributed by atoms with van der Waals surface area (Å²) in [6.07, 6.45) is 1.96. The Balaban J connectivity index is 1.64. The Bertz CT molecular complexity index is 1190. The topological polar surface area (TPSA) is 92.6 Å². The molecule has 0 unspecified atom stereocenters. The first-order valence-electron chi connectivity index (χ1n) is 10.2. The number of halogens is 1. The Labute approximate surface area is 189 Å². The molecule has 1 amide bonds. The molecule has 0 aliphatic carbocycles. The second-order valence-corrected chi connectivity index (χ2v) is 7.93. The molecule has 1 N–H and O–H groups in total. The van der Waals surface area contributed by atoms with Gasteiger partial charge in [-0.1, -0.05) is 41.9 Å². The first-order chi connectivity index (χ1) is 15.4. The van der Waals surface area contributed by atoms with E-state index in [0.717, 1.165) is 25.9 Å². The Hall–Kier alpha value is -3.71. The number of hydrogen-bond donors (Lipinski definition) is 1. The van der Waals surface area contributed by atoms with E-state index in [1.54, 1.807) is 54.6 Å². The van der Waals surface area contributed by atoms with Gasteiger partial charge in [-0.25, -0.2) is 0 Å². The number of nitro groups is 1. The Morgan fingerprint density at radius 2 is 1.66 bits per heavy atom. The lowest BCUT2D eigenvalue weighted by atomic mass is 10.0. The maximum absolute atomic E-state index is 13.0. The van der Waals surface area contributed by atoms with Gasteiger partial charge in [0.25, 0.3) is 11.6 Å². The summed E-state index contributed by atoms with van der Waals surface area (Å²) in [6.45, 7) is 1.50. The Morgan fingerprint density at radius 1 is 0.938 bits per heavy atom. The van der Waals surface area contributed by atoms with Crippen LogP contribution < -0.4 is 10.2 Å². The first kappa shape index (κ1) is 21.5. The van der Waals surface area contributed by atoms with Crippen molar-refractivity contribution in [2.24, 2.45) is 0 Å². The van der Waals surface area contributed by atoms with Crippen molar-refractivity contribution in [3.05, 3.63) is 98.6 Å². The van der Waals surface area contributed by atoms with Gasteiger partial charge < -0.3 is 10.2 Å². The highest BCUT2D eigenvalue weighted by Gasteiger charge is 2.24. The molecule has 0 aromatic heterocycles. The zero-order chi connectivity index (χ0) is 22.7. The van der Waals surface area contributed by atoms with Gasteiger partial charge >= 0.3 is 0 Å². The van der Waals surface area contributed by atoms with Crippen LogP contribution in [0.25, 0.3) is 0 Å². The lowest BCUT2D eigenvalue weighted by Crippen LogP contribution is -2.20. The summed E-state index contributed by atoms with van der Waals surface area (Å²) in [6, 6.07) is 17.7. The number of amides is 1. The molecule has 4 rings (SSSR count). The molecular formula is C24H20ClN3O4. The molecule has 1 fully saturated rings. The molecular weight excluding hydrogens is 430 g/mol. The second kappa shape index (κ2) is 9.20. The second-order valence-electron chi connectivity index (χ2n) is 7.49. The van der Waals surface area contributed by atoms with Gasteiger partial charge in [-0.05, 0) is 43.2 Å². The summed E-state index contributed by atoms with van der Waals surface area (Å²) in [4.78, 5) is 39.0. The van der Waals surface area contributed by atoms with Gasteiger partial charge in [-0.2, -0.15) is 0 Å². The summed E-state index contributed by atoms with van der Waals surface area (Å²) in [5, 5.41) is 14.7. The molecule has 1 aliphatic heterocycles. The number of ketones is 1. The summed E-state index contributed by atoms with van der Waals surface area (Å²) in [5.74, 6) is -0.843. The van der Waals surface area contributed by atoms with Crippen LogP contribution >= 0.6 is 11.6 Å². The smallest absolute Gasteiger partial charge is 0.293 e. The monoisotopic (exact) mass is 449 g/mol. The fraction of sp³-hybridized carbons (Fsp3) is 0.167. The van der Waals surface area contributed by atoms with E-state index in [2.05, 4.69) is 5.32 Å². The highest BCUT2D eigenvalue weighted by atomic mass is 35.5. The van der Waals surface area contributed by atoms with Crippen LogP contribution in [0, 0.1) is 10.1 Å². The summed E-state index contributed by atoms with van der Waals surface area (Å²) in [5.41, 5.74) is 1.50. The van der Waals surface area contributed by atoms with Crippen molar-refractivity contribution in [3.63, 3.8) is 0 Å². The number of hydrogen-bond acceptors (Lipinski definition) is 5.